The van der Waals surface area contributed by atoms with Crippen molar-refractivity contribution in [3.05, 3.63) is 34.9 Å². The number of aryl methyl sites for hydroxylation is 2. The SMILES string of the molecule is O=C(O)C1(Cc2ccc3c(c2)CCC3)CCCN1. The van der Waals surface area contributed by atoms with Gasteiger partial charge in [0.1, 0.15) is 5.54 Å². The van der Waals surface area contributed by atoms with Crippen molar-refractivity contribution in [2.75, 3.05) is 6.54 Å². The van der Waals surface area contributed by atoms with Gasteiger partial charge >= 0.3 is 5.97 Å². The Kier molecular flexibility index (Phi) is 2.86. The van der Waals surface area contributed by atoms with E-state index in [2.05, 4.69) is 23.5 Å². The van der Waals surface area contributed by atoms with Gasteiger partial charge in [0, 0.05) is 6.42 Å². The minimum atomic E-state index is -0.729. The third-order valence-corrected chi connectivity index (χ3v) is 4.32. The van der Waals surface area contributed by atoms with Gasteiger partial charge in [0.15, 0.2) is 0 Å². The predicted molar refractivity (Wildman–Crippen MR) is 69.8 cm³/mol. The van der Waals surface area contributed by atoms with E-state index >= 15 is 0 Å². The van der Waals surface area contributed by atoms with E-state index in [0.29, 0.717) is 6.42 Å². The van der Waals surface area contributed by atoms with Crippen LogP contribution in [0.3, 0.4) is 0 Å². The largest absolute Gasteiger partial charge is 0.480 e. The van der Waals surface area contributed by atoms with Crippen molar-refractivity contribution < 1.29 is 9.90 Å². The minimum Gasteiger partial charge on any atom is -0.480 e. The Labute approximate surface area is 107 Å². The Bertz CT molecular complexity index is 475. The van der Waals surface area contributed by atoms with Gasteiger partial charge in [-0.25, -0.2) is 0 Å². The van der Waals surface area contributed by atoms with Gasteiger partial charge in [-0.1, -0.05) is 18.2 Å². The molecule has 0 amide bonds. The molecule has 1 fully saturated rings. The summed E-state index contributed by atoms with van der Waals surface area (Å²) >= 11 is 0. The first-order chi connectivity index (χ1) is 8.70. The molecule has 1 aromatic rings. The Hall–Kier alpha value is -1.35. The summed E-state index contributed by atoms with van der Waals surface area (Å²) in [5, 5.41) is 12.6. The van der Waals surface area contributed by atoms with Crippen LogP contribution in [0.15, 0.2) is 18.2 Å². The molecule has 3 heteroatoms. The fourth-order valence-corrected chi connectivity index (χ4v) is 3.30. The van der Waals surface area contributed by atoms with E-state index in [1.165, 1.54) is 24.0 Å². The molecule has 1 saturated heterocycles. The van der Waals surface area contributed by atoms with Crippen LogP contribution in [0.5, 0.6) is 0 Å². The molecular weight excluding hydrogens is 226 g/mol. The molecule has 0 radical (unpaired) electrons. The maximum absolute atomic E-state index is 11.5. The van der Waals surface area contributed by atoms with Crippen LogP contribution in [0.4, 0.5) is 0 Å². The summed E-state index contributed by atoms with van der Waals surface area (Å²) in [6.45, 7) is 0.817. The van der Waals surface area contributed by atoms with E-state index in [1.807, 2.05) is 0 Å². The fraction of sp³-hybridized carbons (Fsp3) is 0.533. The number of rotatable bonds is 3. The standard InChI is InChI=1S/C15H19NO2/c17-14(18)15(7-2-8-16-15)10-11-5-6-12-3-1-4-13(12)9-11/h5-6,9,16H,1-4,7-8,10H2,(H,17,18). The van der Waals surface area contributed by atoms with E-state index in [9.17, 15) is 9.90 Å². The molecule has 0 saturated carbocycles. The summed E-state index contributed by atoms with van der Waals surface area (Å²) in [6.07, 6.45) is 5.86. The molecule has 1 aromatic carbocycles. The molecule has 1 atom stereocenters. The van der Waals surface area contributed by atoms with Crippen LogP contribution in [0.2, 0.25) is 0 Å². The Morgan fingerprint density at radius 2 is 2.11 bits per heavy atom. The van der Waals surface area contributed by atoms with Crippen LogP contribution < -0.4 is 5.32 Å². The number of aliphatic carboxylic acids is 1. The van der Waals surface area contributed by atoms with Crippen molar-refractivity contribution in [3.63, 3.8) is 0 Å². The van der Waals surface area contributed by atoms with Crippen molar-refractivity contribution in [1.82, 2.24) is 5.32 Å². The highest BCUT2D eigenvalue weighted by Crippen LogP contribution is 2.28. The molecule has 2 N–H and O–H groups in total. The van der Waals surface area contributed by atoms with Crippen LogP contribution in [-0.2, 0) is 24.1 Å². The summed E-state index contributed by atoms with van der Waals surface area (Å²) in [7, 11) is 0. The molecule has 0 spiro atoms. The summed E-state index contributed by atoms with van der Waals surface area (Å²) in [5.41, 5.74) is 3.30. The quantitative estimate of drug-likeness (QED) is 0.855. The normalized spacial score (nSPS) is 26.2. The maximum Gasteiger partial charge on any atom is 0.324 e. The fourth-order valence-electron chi connectivity index (χ4n) is 3.30. The number of fused-ring (bicyclic) bond motifs is 1. The van der Waals surface area contributed by atoms with Gasteiger partial charge in [0.05, 0.1) is 0 Å². The highest BCUT2D eigenvalue weighted by molar-refractivity contribution is 5.79. The lowest BCUT2D eigenvalue weighted by Crippen LogP contribution is -2.49. The average molecular weight is 245 g/mol. The first-order valence-corrected chi connectivity index (χ1v) is 6.79. The van der Waals surface area contributed by atoms with Crippen molar-refractivity contribution in [2.45, 2.75) is 44.1 Å². The van der Waals surface area contributed by atoms with E-state index in [-0.39, 0.29) is 0 Å². The van der Waals surface area contributed by atoms with Crippen molar-refractivity contribution in [3.8, 4) is 0 Å². The van der Waals surface area contributed by atoms with Crippen LogP contribution >= 0.6 is 0 Å². The topological polar surface area (TPSA) is 49.3 Å². The smallest absolute Gasteiger partial charge is 0.324 e. The zero-order valence-electron chi connectivity index (χ0n) is 10.5. The Morgan fingerprint density at radius 1 is 1.28 bits per heavy atom. The van der Waals surface area contributed by atoms with Gasteiger partial charge in [0.2, 0.25) is 0 Å². The van der Waals surface area contributed by atoms with E-state index < -0.39 is 11.5 Å². The first kappa shape index (κ1) is 11.7. The zero-order valence-corrected chi connectivity index (χ0v) is 10.5. The molecule has 1 heterocycles. The predicted octanol–water partition coefficient (Wildman–Crippen LogP) is 1.92. The lowest BCUT2D eigenvalue weighted by atomic mass is 9.88. The van der Waals surface area contributed by atoms with Crippen LogP contribution in [-0.4, -0.2) is 23.2 Å². The number of benzene rings is 1. The molecule has 2 aliphatic rings. The van der Waals surface area contributed by atoms with Crippen LogP contribution in [0.1, 0.15) is 36.0 Å². The van der Waals surface area contributed by atoms with Crippen LogP contribution in [0.25, 0.3) is 0 Å². The van der Waals surface area contributed by atoms with Crippen molar-refractivity contribution >= 4 is 5.97 Å². The average Bonchev–Trinajstić information content (AvgIpc) is 2.97. The van der Waals surface area contributed by atoms with Gasteiger partial charge in [-0.05, 0) is 55.3 Å². The summed E-state index contributed by atoms with van der Waals surface area (Å²) in [4.78, 5) is 11.5. The Balaban J connectivity index is 1.85. The van der Waals surface area contributed by atoms with E-state index in [0.717, 1.165) is 31.4 Å². The van der Waals surface area contributed by atoms with Gasteiger partial charge in [-0.2, -0.15) is 0 Å². The lowest BCUT2D eigenvalue weighted by Gasteiger charge is -2.24. The van der Waals surface area contributed by atoms with Gasteiger partial charge < -0.3 is 10.4 Å². The first-order valence-electron chi connectivity index (χ1n) is 6.79. The number of hydrogen-bond donors (Lipinski definition) is 2. The van der Waals surface area contributed by atoms with Crippen molar-refractivity contribution in [2.24, 2.45) is 0 Å². The second-order valence-electron chi connectivity index (χ2n) is 5.55. The molecule has 0 bridgehead atoms. The van der Waals surface area contributed by atoms with E-state index in [1.54, 1.807) is 0 Å². The lowest BCUT2D eigenvalue weighted by molar-refractivity contribution is -0.144. The molecule has 0 aromatic heterocycles. The second kappa shape index (κ2) is 4.39. The maximum atomic E-state index is 11.5. The van der Waals surface area contributed by atoms with Gasteiger partial charge in [-0.15, -0.1) is 0 Å². The molecule has 1 aliphatic carbocycles. The highest BCUT2D eigenvalue weighted by atomic mass is 16.4. The van der Waals surface area contributed by atoms with Crippen molar-refractivity contribution in [1.29, 1.82) is 0 Å². The number of hydrogen-bond acceptors (Lipinski definition) is 2. The van der Waals surface area contributed by atoms with E-state index in [4.69, 9.17) is 0 Å². The molecule has 3 nitrogen and oxygen atoms in total. The number of carboxylic acids is 1. The minimum absolute atomic E-state index is 0.607. The molecule has 1 aliphatic heterocycles. The van der Waals surface area contributed by atoms with Crippen LogP contribution in [0, 0.1) is 0 Å². The zero-order chi connectivity index (χ0) is 12.6. The Morgan fingerprint density at radius 3 is 2.83 bits per heavy atom. The molecule has 18 heavy (non-hydrogen) atoms. The third-order valence-electron chi connectivity index (χ3n) is 4.32. The second-order valence-corrected chi connectivity index (χ2v) is 5.55. The van der Waals surface area contributed by atoms with Gasteiger partial charge in [0.25, 0.3) is 0 Å². The highest BCUT2D eigenvalue weighted by Gasteiger charge is 2.41. The number of carboxylic acid groups (broad SMARTS) is 1. The number of carbonyl (C=O) groups is 1. The molecule has 3 rings (SSSR count). The molecular formula is C15H19NO2. The summed E-state index contributed by atoms with van der Waals surface area (Å²) < 4.78 is 0. The summed E-state index contributed by atoms with van der Waals surface area (Å²) in [6, 6.07) is 6.50. The monoisotopic (exact) mass is 245 g/mol. The summed E-state index contributed by atoms with van der Waals surface area (Å²) in [5.74, 6) is -0.708. The molecule has 96 valence electrons. The van der Waals surface area contributed by atoms with Gasteiger partial charge in [-0.3, -0.25) is 4.79 Å². The third kappa shape index (κ3) is 1.93. The molecule has 1 unspecified atom stereocenters. The number of nitrogens with one attached hydrogen (secondary N) is 1.